The quantitative estimate of drug-likeness (QED) is 0.750. The fraction of sp³-hybridized carbons (Fsp3) is 0.250. The largest absolute Gasteiger partial charge is 0.496 e. The fourth-order valence-electron chi connectivity index (χ4n) is 2.71. The van der Waals surface area contributed by atoms with E-state index in [-0.39, 0.29) is 12.1 Å². The van der Waals surface area contributed by atoms with E-state index >= 15 is 0 Å². The zero-order valence-corrected chi connectivity index (χ0v) is 11.5. The van der Waals surface area contributed by atoms with Gasteiger partial charge in [0.1, 0.15) is 5.75 Å². The van der Waals surface area contributed by atoms with Crippen LogP contribution in [0.15, 0.2) is 48.5 Å². The molecule has 2 aromatic rings. The molecule has 0 aliphatic carbocycles. The van der Waals surface area contributed by atoms with Crippen LogP contribution < -0.4 is 21.3 Å². The Labute approximate surface area is 118 Å². The van der Waals surface area contributed by atoms with E-state index < -0.39 is 0 Å². The Hall–Kier alpha value is -2.04. The van der Waals surface area contributed by atoms with Gasteiger partial charge in [0.25, 0.3) is 0 Å². The second-order valence-electron chi connectivity index (χ2n) is 5.04. The van der Waals surface area contributed by atoms with Gasteiger partial charge in [0.2, 0.25) is 0 Å². The Balaban J connectivity index is 1.80. The zero-order valence-electron chi connectivity index (χ0n) is 11.5. The third-order valence-electron chi connectivity index (χ3n) is 3.73. The molecule has 1 heterocycles. The summed E-state index contributed by atoms with van der Waals surface area (Å²) in [5, 5.41) is 0. The van der Waals surface area contributed by atoms with Crippen molar-refractivity contribution >= 4 is 5.69 Å². The van der Waals surface area contributed by atoms with E-state index in [4.69, 9.17) is 10.5 Å². The van der Waals surface area contributed by atoms with E-state index in [0.717, 1.165) is 17.9 Å². The molecular formula is C16H19N3O. The normalized spacial score (nSPS) is 21.9. The van der Waals surface area contributed by atoms with Gasteiger partial charge in [-0.2, -0.15) is 0 Å². The second kappa shape index (κ2) is 5.53. The van der Waals surface area contributed by atoms with Gasteiger partial charge in [-0.1, -0.05) is 30.3 Å². The van der Waals surface area contributed by atoms with E-state index in [2.05, 4.69) is 23.0 Å². The summed E-state index contributed by atoms with van der Waals surface area (Å²) in [5.41, 5.74) is 15.7. The Bertz CT molecular complexity index is 600. The first-order valence-corrected chi connectivity index (χ1v) is 6.77. The molecule has 20 heavy (non-hydrogen) atoms. The maximum absolute atomic E-state index is 5.85. The second-order valence-corrected chi connectivity index (χ2v) is 5.04. The summed E-state index contributed by atoms with van der Waals surface area (Å²) in [6.45, 7) is 0. The predicted octanol–water partition coefficient (Wildman–Crippen LogP) is 2.56. The van der Waals surface area contributed by atoms with Gasteiger partial charge in [0.15, 0.2) is 0 Å². The number of anilines is 1. The highest BCUT2D eigenvalue weighted by molar-refractivity contribution is 5.42. The lowest BCUT2D eigenvalue weighted by atomic mass is 9.97. The molecule has 0 saturated carbocycles. The lowest BCUT2D eigenvalue weighted by Gasteiger charge is -2.14. The van der Waals surface area contributed by atoms with Crippen molar-refractivity contribution in [3.63, 3.8) is 0 Å². The van der Waals surface area contributed by atoms with Crippen LogP contribution in [0.25, 0.3) is 0 Å². The molecule has 0 spiro atoms. The summed E-state index contributed by atoms with van der Waals surface area (Å²) in [5.74, 6) is 0.917. The maximum atomic E-state index is 5.85. The minimum Gasteiger partial charge on any atom is -0.496 e. The molecule has 0 bridgehead atoms. The van der Waals surface area contributed by atoms with Crippen molar-refractivity contribution < 1.29 is 4.74 Å². The minimum atomic E-state index is 0.234. The standard InChI is InChI=1S/C16H19N3O/c1-20-16-8-3-2-7-13(16)15-10-14(18-19-15)11-5-4-6-12(17)9-11/h2-9,14-15,18-19H,10,17H2,1H3. The number of hydrogen-bond acceptors (Lipinski definition) is 4. The van der Waals surface area contributed by atoms with E-state index in [1.165, 1.54) is 11.1 Å². The number of hydrogen-bond donors (Lipinski definition) is 3. The number of rotatable bonds is 3. The summed E-state index contributed by atoms with van der Waals surface area (Å²) in [4.78, 5) is 0. The van der Waals surface area contributed by atoms with Crippen molar-refractivity contribution in [3.05, 3.63) is 59.7 Å². The van der Waals surface area contributed by atoms with E-state index in [1.54, 1.807) is 7.11 Å². The molecule has 2 aromatic carbocycles. The molecule has 1 saturated heterocycles. The molecule has 1 fully saturated rings. The number of nitrogens with one attached hydrogen (secondary N) is 2. The molecule has 0 aromatic heterocycles. The minimum absolute atomic E-state index is 0.234. The topological polar surface area (TPSA) is 59.3 Å². The van der Waals surface area contributed by atoms with Crippen LogP contribution in [0.5, 0.6) is 5.75 Å². The van der Waals surface area contributed by atoms with E-state index in [1.807, 2.05) is 36.4 Å². The molecule has 0 amide bonds. The van der Waals surface area contributed by atoms with Crippen LogP contribution in [0.3, 0.4) is 0 Å². The number of para-hydroxylation sites is 1. The first-order chi connectivity index (χ1) is 9.78. The van der Waals surface area contributed by atoms with E-state index in [0.29, 0.717) is 0 Å². The molecular weight excluding hydrogens is 250 g/mol. The van der Waals surface area contributed by atoms with Gasteiger partial charge in [-0.3, -0.25) is 0 Å². The molecule has 3 rings (SSSR count). The average Bonchev–Trinajstić information content (AvgIpc) is 2.97. The Morgan fingerprint density at radius 3 is 2.65 bits per heavy atom. The van der Waals surface area contributed by atoms with Crippen LogP contribution in [-0.2, 0) is 0 Å². The Morgan fingerprint density at radius 2 is 1.85 bits per heavy atom. The highest BCUT2D eigenvalue weighted by atomic mass is 16.5. The Morgan fingerprint density at radius 1 is 1.05 bits per heavy atom. The highest BCUT2D eigenvalue weighted by Gasteiger charge is 2.27. The van der Waals surface area contributed by atoms with Gasteiger partial charge in [0.05, 0.1) is 13.2 Å². The van der Waals surface area contributed by atoms with Crippen molar-refractivity contribution in [2.24, 2.45) is 0 Å². The predicted molar refractivity (Wildman–Crippen MR) is 80.2 cm³/mol. The molecule has 2 atom stereocenters. The monoisotopic (exact) mass is 269 g/mol. The molecule has 104 valence electrons. The van der Waals surface area contributed by atoms with Crippen molar-refractivity contribution in [2.75, 3.05) is 12.8 Å². The van der Waals surface area contributed by atoms with Gasteiger partial charge in [-0.05, 0) is 30.2 Å². The SMILES string of the molecule is COc1ccccc1C1CC(c2cccc(N)c2)NN1. The van der Waals surface area contributed by atoms with Crippen molar-refractivity contribution in [1.29, 1.82) is 0 Å². The first kappa shape index (κ1) is 13.0. The van der Waals surface area contributed by atoms with Crippen LogP contribution >= 0.6 is 0 Å². The molecule has 1 aliphatic rings. The molecule has 4 heteroatoms. The molecule has 0 radical (unpaired) electrons. The number of benzene rings is 2. The van der Waals surface area contributed by atoms with Crippen molar-refractivity contribution in [3.8, 4) is 5.75 Å². The summed E-state index contributed by atoms with van der Waals surface area (Å²) in [7, 11) is 1.70. The number of ether oxygens (including phenoxy) is 1. The number of hydrazine groups is 1. The number of nitrogens with two attached hydrogens (primary N) is 1. The lowest BCUT2D eigenvalue weighted by Crippen LogP contribution is -2.26. The fourth-order valence-corrected chi connectivity index (χ4v) is 2.71. The molecule has 2 unspecified atom stereocenters. The summed E-state index contributed by atoms with van der Waals surface area (Å²) < 4.78 is 5.43. The first-order valence-electron chi connectivity index (χ1n) is 6.77. The van der Waals surface area contributed by atoms with Crippen LogP contribution in [-0.4, -0.2) is 7.11 Å². The third kappa shape index (κ3) is 2.48. The van der Waals surface area contributed by atoms with Crippen LogP contribution in [0, 0.1) is 0 Å². The molecule has 4 N–H and O–H groups in total. The smallest absolute Gasteiger partial charge is 0.123 e. The maximum Gasteiger partial charge on any atom is 0.123 e. The van der Waals surface area contributed by atoms with Gasteiger partial charge in [-0.15, -0.1) is 0 Å². The lowest BCUT2D eigenvalue weighted by molar-refractivity contribution is 0.402. The Kier molecular flexibility index (Phi) is 3.58. The van der Waals surface area contributed by atoms with Gasteiger partial charge >= 0.3 is 0 Å². The zero-order chi connectivity index (χ0) is 13.9. The van der Waals surface area contributed by atoms with Crippen LogP contribution in [0.4, 0.5) is 5.69 Å². The number of methoxy groups -OCH3 is 1. The van der Waals surface area contributed by atoms with Gasteiger partial charge in [-0.25, -0.2) is 10.9 Å². The summed E-state index contributed by atoms with van der Waals surface area (Å²) in [6.07, 6.45) is 0.962. The van der Waals surface area contributed by atoms with Gasteiger partial charge < -0.3 is 10.5 Å². The van der Waals surface area contributed by atoms with Crippen LogP contribution in [0.1, 0.15) is 29.6 Å². The third-order valence-corrected chi connectivity index (χ3v) is 3.73. The summed E-state index contributed by atoms with van der Waals surface area (Å²) in [6, 6.07) is 16.6. The van der Waals surface area contributed by atoms with Crippen molar-refractivity contribution in [2.45, 2.75) is 18.5 Å². The average molecular weight is 269 g/mol. The van der Waals surface area contributed by atoms with Crippen LogP contribution in [0.2, 0.25) is 0 Å². The molecule has 1 aliphatic heterocycles. The van der Waals surface area contributed by atoms with Gasteiger partial charge in [0, 0.05) is 17.3 Å². The highest BCUT2D eigenvalue weighted by Crippen LogP contribution is 2.35. The van der Waals surface area contributed by atoms with E-state index in [9.17, 15) is 0 Å². The molecule has 4 nitrogen and oxygen atoms in total. The number of nitrogen functional groups attached to an aromatic ring is 1. The van der Waals surface area contributed by atoms with Crippen molar-refractivity contribution in [1.82, 2.24) is 10.9 Å². The summed E-state index contributed by atoms with van der Waals surface area (Å²) >= 11 is 0.